The molecule has 2 N–H and O–H groups in total. The van der Waals surface area contributed by atoms with Gasteiger partial charge < -0.3 is 0 Å². The molecule has 136 valence electrons. The van der Waals surface area contributed by atoms with Gasteiger partial charge in [-0.3, -0.25) is 29.8 Å². The molecule has 0 radical (unpaired) electrons. The highest BCUT2D eigenvalue weighted by Gasteiger charge is 2.34. The van der Waals surface area contributed by atoms with Gasteiger partial charge >= 0.3 is 0 Å². The maximum Gasteiger partial charge on any atom is 0.259 e. The van der Waals surface area contributed by atoms with E-state index >= 15 is 0 Å². The third kappa shape index (κ3) is 2.83. The van der Waals surface area contributed by atoms with Gasteiger partial charge in [0, 0.05) is 0 Å². The van der Waals surface area contributed by atoms with Crippen LogP contribution < -0.4 is 10.6 Å². The maximum atomic E-state index is 12.2. The number of nitrogens with one attached hydrogen (secondary N) is 2. The lowest BCUT2D eigenvalue weighted by Gasteiger charge is -2.26. The van der Waals surface area contributed by atoms with Crippen molar-refractivity contribution in [3.05, 3.63) is 69.8 Å². The van der Waals surface area contributed by atoms with E-state index in [2.05, 4.69) is 10.6 Å². The van der Waals surface area contributed by atoms with Crippen LogP contribution in [0, 0.1) is 5.41 Å². The second-order valence-corrected chi connectivity index (χ2v) is 7.76. The summed E-state index contributed by atoms with van der Waals surface area (Å²) in [5, 5.41) is 4.67. The summed E-state index contributed by atoms with van der Waals surface area (Å²) in [4.78, 5) is 48.0. The Morgan fingerprint density at radius 2 is 1.07 bits per heavy atom. The molecular formula is C21H18N2O4. The predicted molar refractivity (Wildman–Crippen MR) is 97.7 cm³/mol. The average Bonchev–Trinajstić information content (AvgIpc) is 3.05. The first kappa shape index (κ1) is 17.1. The first-order chi connectivity index (χ1) is 12.8. The summed E-state index contributed by atoms with van der Waals surface area (Å²) in [6, 6.07) is 10.5. The topological polar surface area (TPSA) is 92.3 Å². The zero-order chi connectivity index (χ0) is 19.3. The highest BCUT2D eigenvalue weighted by molar-refractivity contribution is 6.22. The lowest BCUT2D eigenvalue weighted by molar-refractivity contribution is 0.0863. The molecule has 0 fully saturated rings. The molecular weight excluding hydrogens is 344 g/mol. The zero-order valence-electron chi connectivity index (χ0n) is 15.0. The number of carbonyl (C=O) groups is 4. The molecule has 0 saturated carbocycles. The Hall–Kier alpha value is -3.28. The molecule has 0 aliphatic carbocycles. The van der Waals surface area contributed by atoms with Crippen molar-refractivity contribution in [2.24, 2.45) is 5.41 Å². The van der Waals surface area contributed by atoms with Crippen molar-refractivity contribution in [3.63, 3.8) is 0 Å². The molecule has 0 saturated heterocycles. The molecule has 2 aliphatic rings. The zero-order valence-corrected chi connectivity index (χ0v) is 15.0. The monoisotopic (exact) mass is 362 g/mol. The Morgan fingerprint density at radius 1 is 0.667 bits per heavy atom. The minimum absolute atomic E-state index is 0.303. The molecule has 2 heterocycles. The second-order valence-electron chi connectivity index (χ2n) is 7.76. The summed E-state index contributed by atoms with van der Waals surface area (Å²) in [6.07, 6.45) is 1.10. The Morgan fingerprint density at radius 3 is 1.48 bits per heavy atom. The van der Waals surface area contributed by atoms with Gasteiger partial charge in [-0.1, -0.05) is 38.1 Å². The normalized spacial score (nSPS) is 15.5. The standard InChI is InChI=1S/C21H18N2O4/c1-21(2,9-11-5-3-7-13-15(11)19(26)22-17(13)24)10-12-6-4-8-14-16(12)20(27)23-18(14)25/h3-8H,9-10H2,1-2H3,(H,22,24,26)(H,23,25,27). The summed E-state index contributed by atoms with van der Waals surface area (Å²) in [5.41, 5.74) is 2.96. The number of hydrogen-bond donors (Lipinski definition) is 2. The third-order valence-corrected chi connectivity index (χ3v) is 5.04. The molecule has 27 heavy (non-hydrogen) atoms. The van der Waals surface area contributed by atoms with E-state index in [4.69, 9.17) is 0 Å². The Balaban J connectivity index is 1.66. The van der Waals surface area contributed by atoms with E-state index < -0.39 is 0 Å². The molecule has 0 spiro atoms. The molecule has 2 aliphatic heterocycles. The molecule has 2 aromatic rings. The van der Waals surface area contributed by atoms with E-state index in [9.17, 15) is 19.2 Å². The summed E-state index contributed by atoms with van der Waals surface area (Å²) in [6.45, 7) is 4.07. The number of fused-ring (bicyclic) bond motifs is 2. The molecule has 0 unspecified atom stereocenters. The minimum atomic E-state index is -0.370. The van der Waals surface area contributed by atoms with Crippen molar-refractivity contribution in [2.75, 3.05) is 0 Å². The van der Waals surface area contributed by atoms with Crippen LogP contribution in [0.2, 0.25) is 0 Å². The lowest BCUT2D eigenvalue weighted by Crippen LogP contribution is -2.23. The molecule has 0 atom stereocenters. The molecule has 0 bridgehead atoms. The van der Waals surface area contributed by atoms with Gasteiger partial charge in [-0.25, -0.2) is 0 Å². The molecule has 4 amide bonds. The number of benzene rings is 2. The Labute approximate surface area is 156 Å². The first-order valence-electron chi connectivity index (χ1n) is 8.72. The number of rotatable bonds is 4. The van der Waals surface area contributed by atoms with Crippen LogP contribution in [-0.2, 0) is 12.8 Å². The molecule has 6 heteroatoms. The van der Waals surface area contributed by atoms with E-state index in [1.165, 1.54) is 0 Å². The highest BCUT2D eigenvalue weighted by Crippen LogP contribution is 2.33. The van der Waals surface area contributed by atoms with E-state index in [0.717, 1.165) is 11.1 Å². The van der Waals surface area contributed by atoms with E-state index in [1.54, 1.807) is 24.3 Å². The van der Waals surface area contributed by atoms with Crippen LogP contribution >= 0.6 is 0 Å². The van der Waals surface area contributed by atoms with Crippen molar-refractivity contribution >= 4 is 23.6 Å². The van der Waals surface area contributed by atoms with Gasteiger partial charge in [-0.2, -0.15) is 0 Å². The number of amides is 4. The number of imide groups is 2. The van der Waals surface area contributed by atoms with Gasteiger partial charge in [-0.15, -0.1) is 0 Å². The summed E-state index contributed by atoms with van der Waals surface area (Å²) in [5.74, 6) is -1.48. The maximum absolute atomic E-state index is 12.2. The average molecular weight is 362 g/mol. The second kappa shape index (κ2) is 5.87. The van der Waals surface area contributed by atoms with E-state index in [0.29, 0.717) is 35.1 Å². The fourth-order valence-corrected chi connectivity index (χ4v) is 3.97. The summed E-state index contributed by atoms with van der Waals surface area (Å²) >= 11 is 0. The Kier molecular flexibility index (Phi) is 3.73. The fraction of sp³-hybridized carbons (Fsp3) is 0.238. The van der Waals surface area contributed by atoms with Crippen LogP contribution in [0.3, 0.4) is 0 Å². The summed E-state index contributed by atoms with van der Waals surface area (Å²) in [7, 11) is 0. The fourth-order valence-electron chi connectivity index (χ4n) is 3.97. The van der Waals surface area contributed by atoms with Gasteiger partial charge in [0.15, 0.2) is 0 Å². The smallest absolute Gasteiger partial charge is 0.259 e. The van der Waals surface area contributed by atoms with Crippen LogP contribution in [0.15, 0.2) is 36.4 Å². The van der Waals surface area contributed by atoms with Crippen molar-refractivity contribution in [2.45, 2.75) is 26.7 Å². The van der Waals surface area contributed by atoms with Gasteiger partial charge in [0.05, 0.1) is 22.3 Å². The van der Waals surface area contributed by atoms with Crippen LogP contribution in [-0.4, -0.2) is 23.6 Å². The Bertz CT molecular complexity index is 955. The van der Waals surface area contributed by atoms with Gasteiger partial charge in [0.1, 0.15) is 0 Å². The molecule has 0 aromatic heterocycles. The minimum Gasteiger partial charge on any atom is -0.288 e. The van der Waals surface area contributed by atoms with E-state index in [-0.39, 0.29) is 29.0 Å². The largest absolute Gasteiger partial charge is 0.288 e. The van der Waals surface area contributed by atoms with Crippen molar-refractivity contribution in [3.8, 4) is 0 Å². The highest BCUT2D eigenvalue weighted by atomic mass is 16.2. The quantitative estimate of drug-likeness (QED) is 0.816. The third-order valence-electron chi connectivity index (χ3n) is 5.04. The van der Waals surface area contributed by atoms with Crippen LogP contribution in [0.4, 0.5) is 0 Å². The predicted octanol–water partition coefficient (Wildman–Crippen LogP) is 2.27. The molecule has 6 nitrogen and oxygen atoms in total. The van der Waals surface area contributed by atoms with E-state index in [1.807, 2.05) is 26.0 Å². The SMILES string of the molecule is CC(C)(Cc1cccc2c1C(=O)NC2=O)Cc1cccc2c1C(=O)NC2=O. The first-order valence-corrected chi connectivity index (χ1v) is 8.72. The van der Waals surface area contributed by atoms with Gasteiger partial charge in [0.25, 0.3) is 23.6 Å². The summed E-state index contributed by atoms with van der Waals surface area (Å²) < 4.78 is 0. The molecule has 2 aromatic carbocycles. The van der Waals surface area contributed by atoms with Crippen LogP contribution in [0.1, 0.15) is 66.4 Å². The van der Waals surface area contributed by atoms with Gasteiger partial charge in [0.2, 0.25) is 0 Å². The van der Waals surface area contributed by atoms with Gasteiger partial charge in [-0.05, 0) is 41.5 Å². The van der Waals surface area contributed by atoms with Crippen LogP contribution in [0.5, 0.6) is 0 Å². The number of hydrogen-bond acceptors (Lipinski definition) is 4. The molecule has 4 rings (SSSR count). The lowest BCUT2D eigenvalue weighted by atomic mass is 9.77. The van der Waals surface area contributed by atoms with Crippen molar-refractivity contribution in [1.82, 2.24) is 10.6 Å². The number of carbonyl (C=O) groups excluding carboxylic acids is 4. The van der Waals surface area contributed by atoms with Crippen LogP contribution in [0.25, 0.3) is 0 Å². The van der Waals surface area contributed by atoms with Crippen molar-refractivity contribution in [1.29, 1.82) is 0 Å². The van der Waals surface area contributed by atoms with Crippen molar-refractivity contribution < 1.29 is 19.2 Å².